The minimum atomic E-state index is -0.985. The predicted molar refractivity (Wildman–Crippen MR) is 97.7 cm³/mol. The topological polar surface area (TPSA) is 55.8 Å². The molecule has 1 heterocycles. The van der Waals surface area contributed by atoms with Gasteiger partial charge in [0.2, 0.25) is 0 Å². The first kappa shape index (κ1) is 20.0. The summed E-state index contributed by atoms with van der Waals surface area (Å²) in [5, 5.41) is 0. The third kappa shape index (κ3) is 4.63. The van der Waals surface area contributed by atoms with Crippen molar-refractivity contribution in [3.05, 3.63) is 39.5 Å². The van der Waals surface area contributed by atoms with Crippen LogP contribution >= 0.6 is 0 Å². The quantitative estimate of drug-likeness (QED) is 0.477. The number of benzene rings is 1. The van der Waals surface area contributed by atoms with Crippen LogP contribution in [-0.4, -0.2) is 71.6 Å². The van der Waals surface area contributed by atoms with Crippen molar-refractivity contribution >= 4 is 36.4 Å². The molecule has 1 aromatic rings. The maximum absolute atomic E-state index is 12.8. The Balaban J connectivity index is 2.39. The third-order valence-electron chi connectivity index (χ3n) is 4.23. The van der Waals surface area contributed by atoms with E-state index in [1.54, 1.807) is 21.0 Å². The molecule has 1 amide bonds. The van der Waals surface area contributed by atoms with E-state index < -0.39 is 26.3 Å². The first-order valence-electron chi connectivity index (χ1n) is 8.29. The number of rotatable bonds is 6. The zero-order valence-electron chi connectivity index (χ0n) is 15.2. The van der Waals surface area contributed by atoms with E-state index in [2.05, 4.69) is 19.1 Å². The molecule has 5 nitrogen and oxygen atoms in total. The van der Waals surface area contributed by atoms with Gasteiger partial charge >= 0.3 is 159 Å². The van der Waals surface area contributed by atoms with E-state index in [1.807, 2.05) is 18.2 Å². The molecule has 6 heteroatoms. The summed E-state index contributed by atoms with van der Waals surface area (Å²) in [6, 6.07) is 10.3. The Morgan fingerprint density at radius 3 is 2.56 bits per heavy atom. The Labute approximate surface area is 159 Å². The Bertz CT molecular complexity index is 657. The zero-order valence-corrected chi connectivity index (χ0v) is 17.5. The molecule has 25 heavy (non-hydrogen) atoms. The van der Waals surface area contributed by atoms with Gasteiger partial charge in [0.25, 0.3) is 0 Å². The van der Waals surface area contributed by atoms with Crippen LogP contribution in [0.3, 0.4) is 0 Å². The molecule has 0 spiro atoms. The third-order valence-corrected chi connectivity index (χ3v) is 7.26. The van der Waals surface area contributed by atoms with Crippen LogP contribution in [0, 0.1) is 5.41 Å². The summed E-state index contributed by atoms with van der Waals surface area (Å²) in [6.07, 6.45) is 0.0905. The standard InChI is InChI=1S/C19H25NO4Te/c1-5-24-18(22)19(11-17(21)20(3)4)13-23-12-16(19)14(2)25-15-9-7-6-8-10-15/h6-10H,5,11-13H2,1-4H3/b16-14+. The van der Waals surface area contributed by atoms with Gasteiger partial charge in [0, 0.05) is 0 Å². The van der Waals surface area contributed by atoms with E-state index in [-0.39, 0.29) is 24.9 Å². The molecule has 0 saturated carbocycles. The van der Waals surface area contributed by atoms with E-state index in [4.69, 9.17) is 9.47 Å². The molecule has 1 aliphatic heterocycles. The van der Waals surface area contributed by atoms with Crippen molar-refractivity contribution in [3.63, 3.8) is 0 Å². The van der Waals surface area contributed by atoms with E-state index in [0.29, 0.717) is 13.2 Å². The van der Waals surface area contributed by atoms with Crippen LogP contribution in [0.2, 0.25) is 0 Å². The summed E-state index contributed by atoms with van der Waals surface area (Å²) in [4.78, 5) is 26.7. The Morgan fingerprint density at radius 1 is 1.28 bits per heavy atom. The summed E-state index contributed by atoms with van der Waals surface area (Å²) in [7, 11) is 3.40. The second kappa shape index (κ2) is 8.84. The van der Waals surface area contributed by atoms with Gasteiger partial charge in [-0.05, 0) is 0 Å². The van der Waals surface area contributed by atoms with Crippen molar-refractivity contribution in [2.45, 2.75) is 20.3 Å². The average Bonchev–Trinajstić information content (AvgIpc) is 3.01. The molecule has 1 saturated heterocycles. The fourth-order valence-corrected chi connectivity index (χ4v) is 5.74. The molecule has 2 rings (SSSR count). The van der Waals surface area contributed by atoms with Crippen LogP contribution in [0.5, 0.6) is 0 Å². The van der Waals surface area contributed by atoms with Gasteiger partial charge in [0.1, 0.15) is 0 Å². The zero-order chi connectivity index (χ0) is 18.4. The summed E-state index contributed by atoms with van der Waals surface area (Å²) in [6.45, 7) is 4.73. The number of esters is 1. The van der Waals surface area contributed by atoms with Gasteiger partial charge in [-0.3, -0.25) is 0 Å². The van der Waals surface area contributed by atoms with Crippen molar-refractivity contribution < 1.29 is 19.1 Å². The number of ether oxygens (including phenoxy) is 2. The van der Waals surface area contributed by atoms with Gasteiger partial charge in [0.15, 0.2) is 0 Å². The van der Waals surface area contributed by atoms with E-state index in [9.17, 15) is 9.59 Å². The summed E-state index contributed by atoms with van der Waals surface area (Å²) < 4.78 is 13.5. The molecule has 1 aromatic carbocycles. The van der Waals surface area contributed by atoms with Crippen LogP contribution in [0.4, 0.5) is 0 Å². The van der Waals surface area contributed by atoms with Crippen molar-refractivity contribution in [2.24, 2.45) is 5.41 Å². The molecular weight excluding hydrogens is 434 g/mol. The number of hydrogen-bond acceptors (Lipinski definition) is 4. The molecule has 0 bridgehead atoms. The Kier molecular flexibility index (Phi) is 7.06. The van der Waals surface area contributed by atoms with Crippen LogP contribution in [-0.2, 0) is 19.1 Å². The molecule has 136 valence electrons. The monoisotopic (exact) mass is 461 g/mol. The number of carbonyl (C=O) groups is 2. The Hall–Kier alpha value is -1.35. The molecule has 1 unspecified atom stereocenters. The number of amides is 1. The molecular formula is C19H25NO4Te. The van der Waals surface area contributed by atoms with Crippen molar-refractivity contribution in [1.29, 1.82) is 0 Å². The molecule has 1 fully saturated rings. The summed E-state index contributed by atoms with van der Waals surface area (Å²) >= 11 is -0.626. The first-order chi connectivity index (χ1) is 11.9. The molecule has 0 aliphatic carbocycles. The van der Waals surface area contributed by atoms with E-state index >= 15 is 0 Å². The van der Waals surface area contributed by atoms with Crippen molar-refractivity contribution in [1.82, 2.24) is 4.90 Å². The summed E-state index contributed by atoms with van der Waals surface area (Å²) in [5.41, 5.74) is -0.0477. The van der Waals surface area contributed by atoms with Crippen LogP contribution in [0.15, 0.2) is 39.5 Å². The van der Waals surface area contributed by atoms with Gasteiger partial charge in [-0.2, -0.15) is 0 Å². The number of allylic oxidation sites excluding steroid dienone is 1. The molecule has 1 atom stereocenters. The van der Waals surface area contributed by atoms with Gasteiger partial charge in [0.05, 0.1) is 0 Å². The average molecular weight is 459 g/mol. The fraction of sp³-hybridized carbons (Fsp3) is 0.474. The van der Waals surface area contributed by atoms with E-state index in [0.717, 1.165) is 5.57 Å². The van der Waals surface area contributed by atoms with Gasteiger partial charge in [-0.1, -0.05) is 0 Å². The Morgan fingerprint density at radius 2 is 1.96 bits per heavy atom. The van der Waals surface area contributed by atoms with Gasteiger partial charge in [-0.25, -0.2) is 0 Å². The number of carbonyl (C=O) groups excluding carboxylic acids is 2. The second-order valence-electron chi connectivity index (χ2n) is 6.21. The predicted octanol–water partition coefficient (Wildman–Crippen LogP) is 1.35. The maximum atomic E-state index is 12.8. The fourth-order valence-electron chi connectivity index (χ4n) is 2.82. The van der Waals surface area contributed by atoms with Crippen LogP contribution in [0.1, 0.15) is 20.3 Å². The normalized spacial score (nSPS) is 21.8. The minimum absolute atomic E-state index is 0.0905. The van der Waals surface area contributed by atoms with Crippen molar-refractivity contribution in [2.75, 3.05) is 33.9 Å². The molecule has 0 N–H and O–H groups in total. The first-order valence-corrected chi connectivity index (χ1v) is 10.6. The van der Waals surface area contributed by atoms with E-state index in [1.165, 1.54) is 12.1 Å². The number of hydrogen-bond donors (Lipinski definition) is 0. The van der Waals surface area contributed by atoms with Crippen LogP contribution in [0.25, 0.3) is 0 Å². The van der Waals surface area contributed by atoms with Crippen LogP contribution < -0.4 is 3.61 Å². The van der Waals surface area contributed by atoms with Crippen molar-refractivity contribution in [3.8, 4) is 0 Å². The molecule has 1 aliphatic rings. The van der Waals surface area contributed by atoms with Gasteiger partial charge in [-0.15, -0.1) is 0 Å². The second-order valence-corrected chi connectivity index (χ2v) is 9.89. The molecule has 0 radical (unpaired) electrons. The van der Waals surface area contributed by atoms with Gasteiger partial charge < -0.3 is 0 Å². The SMILES string of the molecule is CCOC(=O)C1(CC(=O)N(C)C)COC/C1=C(/C)[Te]c1ccccc1. The number of nitrogens with zero attached hydrogens (tertiary/aromatic N) is 1. The molecule has 0 aromatic heterocycles. The summed E-state index contributed by atoms with van der Waals surface area (Å²) in [5.74, 6) is -0.443.